The first-order valence-corrected chi connectivity index (χ1v) is 10.5. The van der Waals surface area contributed by atoms with Crippen molar-refractivity contribution in [1.29, 1.82) is 0 Å². The quantitative estimate of drug-likeness (QED) is 0.465. The van der Waals surface area contributed by atoms with Gasteiger partial charge in [0.25, 0.3) is 0 Å². The van der Waals surface area contributed by atoms with E-state index < -0.39 is 28.8 Å². The Morgan fingerprint density at radius 3 is 1.64 bits per heavy atom. The highest BCUT2D eigenvalue weighted by Crippen LogP contribution is 2.49. The number of alkyl halides is 5. The topological polar surface area (TPSA) is 57.2 Å². The summed E-state index contributed by atoms with van der Waals surface area (Å²) in [7, 11) is -7.31. The minimum absolute atomic E-state index is 0.638. The number of hydrogen-bond acceptors (Lipinski definition) is 3. The summed E-state index contributed by atoms with van der Waals surface area (Å²) in [6.07, 6.45) is -5.08. The lowest BCUT2D eigenvalue weighted by Gasteiger charge is -2.21. The van der Waals surface area contributed by atoms with Gasteiger partial charge in [0.1, 0.15) is 0 Å². The fraction of sp³-hybridized carbons (Fsp3) is 0.500. The van der Waals surface area contributed by atoms with Gasteiger partial charge in [0.05, 0.1) is 6.16 Å². The van der Waals surface area contributed by atoms with Crippen LogP contribution < -0.4 is 0 Å². The Bertz CT molecular complexity index is 565. The van der Waals surface area contributed by atoms with Crippen LogP contribution in [0, 0.1) is 0 Å². The lowest BCUT2D eigenvalue weighted by atomic mass is 10.2. The van der Waals surface area contributed by atoms with Gasteiger partial charge in [-0.15, -0.1) is 0 Å². The van der Waals surface area contributed by atoms with Crippen molar-refractivity contribution in [3.8, 4) is 0 Å². The normalized spacial score (nSPS) is 13.3. The first kappa shape index (κ1) is 21.2. The fourth-order valence-corrected chi connectivity index (χ4v) is 2.86. The summed E-state index contributed by atoms with van der Waals surface area (Å²) in [6.45, 7) is 7.12. The summed E-state index contributed by atoms with van der Waals surface area (Å²) < 4.78 is 83.6. The first-order valence-electron chi connectivity index (χ1n) is 5.82. The van der Waals surface area contributed by atoms with Gasteiger partial charge in [-0.05, 0) is 5.56 Å². The van der Waals surface area contributed by atoms with E-state index in [4.69, 9.17) is 0 Å². The zero-order valence-corrected chi connectivity index (χ0v) is 13.8. The zero-order valence-electron chi connectivity index (χ0n) is 12.1. The van der Waals surface area contributed by atoms with Crippen molar-refractivity contribution in [3.05, 3.63) is 35.9 Å². The third-order valence-corrected chi connectivity index (χ3v) is 4.32. The summed E-state index contributed by atoms with van der Waals surface area (Å²) in [5, 5.41) is -6.21. The van der Waals surface area contributed by atoms with E-state index in [-0.39, 0.29) is 0 Å². The Hall–Kier alpha value is -0.790. The van der Waals surface area contributed by atoms with Gasteiger partial charge in [-0.1, -0.05) is 30.3 Å². The van der Waals surface area contributed by atoms with Crippen LogP contribution in [0.2, 0.25) is 0 Å². The van der Waals surface area contributed by atoms with Crippen LogP contribution in [0.3, 0.4) is 0 Å². The van der Waals surface area contributed by atoms with Gasteiger partial charge in [0.15, 0.2) is 10.1 Å². The average molecular weight is 366 g/mol. The molecule has 0 saturated heterocycles. The van der Waals surface area contributed by atoms with Gasteiger partial charge >= 0.3 is 11.4 Å². The standard InChI is InChI=1S/C10H16P.C2HF5O3S/c1-11(2,3)9-10-7-5-4-6-8-10;3-1(4,5)2(6,7)11(8,9)10/h4-8H,9H2,1-3H3;(H,8,9,10)/q+1;/p-1. The monoisotopic (exact) mass is 366 g/mol. The molecule has 0 saturated carbocycles. The maximum Gasteiger partial charge on any atom is 0.468 e. The van der Waals surface area contributed by atoms with Gasteiger partial charge in [-0.2, -0.15) is 22.0 Å². The van der Waals surface area contributed by atoms with Crippen LogP contribution in [0.15, 0.2) is 30.3 Å². The Labute approximate surface area is 126 Å². The van der Waals surface area contributed by atoms with Crippen LogP contribution >= 0.6 is 7.26 Å². The summed E-state index contributed by atoms with van der Waals surface area (Å²) in [4.78, 5) is 0. The molecule has 0 aliphatic rings. The van der Waals surface area contributed by atoms with Gasteiger partial charge in [0, 0.05) is 27.3 Å². The molecule has 0 aliphatic carbocycles. The largest absolute Gasteiger partial charge is 0.743 e. The molecule has 10 heteroatoms. The van der Waals surface area contributed by atoms with Crippen molar-refractivity contribution in [1.82, 2.24) is 0 Å². The minimum atomic E-state index is -6.67. The molecule has 0 bridgehead atoms. The molecule has 0 spiro atoms. The van der Waals surface area contributed by atoms with E-state index in [1.165, 1.54) is 11.7 Å². The van der Waals surface area contributed by atoms with Crippen LogP contribution in [0.4, 0.5) is 22.0 Å². The number of benzene rings is 1. The summed E-state index contributed by atoms with van der Waals surface area (Å²) >= 11 is 0. The molecule has 0 N–H and O–H groups in total. The third kappa shape index (κ3) is 6.98. The van der Waals surface area contributed by atoms with Crippen molar-refractivity contribution >= 4 is 17.4 Å². The molecule has 0 aromatic heterocycles. The molecule has 3 nitrogen and oxygen atoms in total. The molecule has 0 unspecified atom stereocenters. The van der Waals surface area contributed by atoms with Gasteiger partial charge < -0.3 is 4.55 Å². The second-order valence-electron chi connectivity index (χ2n) is 5.40. The van der Waals surface area contributed by atoms with Crippen molar-refractivity contribution in [3.63, 3.8) is 0 Å². The van der Waals surface area contributed by atoms with E-state index >= 15 is 0 Å². The Kier molecular flexibility index (Phi) is 6.93. The van der Waals surface area contributed by atoms with Gasteiger partial charge in [-0.25, -0.2) is 8.42 Å². The van der Waals surface area contributed by atoms with E-state index in [0.717, 1.165) is 0 Å². The highest BCUT2D eigenvalue weighted by Gasteiger charge is 2.63. The average Bonchev–Trinajstić information content (AvgIpc) is 2.25. The van der Waals surface area contributed by atoms with Crippen molar-refractivity contribution in [2.45, 2.75) is 17.6 Å². The second kappa shape index (κ2) is 7.19. The first-order chi connectivity index (χ1) is 9.58. The van der Waals surface area contributed by atoms with Crippen LogP contribution in [-0.2, 0) is 16.3 Å². The lowest BCUT2D eigenvalue weighted by molar-refractivity contribution is -0.243. The van der Waals surface area contributed by atoms with E-state index in [0.29, 0.717) is 0 Å². The van der Waals surface area contributed by atoms with Crippen LogP contribution in [-0.4, -0.2) is 44.4 Å². The number of rotatable bonds is 3. The second-order valence-corrected chi connectivity index (χ2v) is 11.7. The van der Waals surface area contributed by atoms with Crippen molar-refractivity contribution in [2.24, 2.45) is 0 Å². The molecule has 0 amide bonds. The molecular weight excluding hydrogens is 350 g/mol. The maximum atomic E-state index is 11.4. The van der Waals surface area contributed by atoms with Gasteiger partial charge in [-0.3, -0.25) is 0 Å². The predicted octanol–water partition coefficient (Wildman–Crippen LogP) is 3.78. The Balaban J connectivity index is 0.000000401. The zero-order chi connectivity index (χ0) is 17.8. The van der Waals surface area contributed by atoms with E-state index in [9.17, 15) is 34.9 Å². The van der Waals surface area contributed by atoms with Gasteiger partial charge in [0.2, 0.25) is 0 Å². The molecule has 1 aromatic carbocycles. The molecule has 22 heavy (non-hydrogen) atoms. The number of halogens is 5. The molecule has 128 valence electrons. The van der Waals surface area contributed by atoms with Crippen LogP contribution in [0.25, 0.3) is 0 Å². The summed E-state index contributed by atoms with van der Waals surface area (Å²) in [5.74, 6) is 0. The summed E-state index contributed by atoms with van der Waals surface area (Å²) in [5.41, 5.74) is 1.48. The van der Waals surface area contributed by atoms with Crippen molar-refractivity contribution < 1.29 is 34.9 Å². The molecule has 1 rings (SSSR count). The maximum absolute atomic E-state index is 11.4. The lowest BCUT2D eigenvalue weighted by Crippen LogP contribution is -2.43. The smallest absolute Gasteiger partial charge is 0.468 e. The van der Waals surface area contributed by atoms with E-state index in [1.807, 2.05) is 0 Å². The Morgan fingerprint density at radius 1 is 1.00 bits per heavy atom. The minimum Gasteiger partial charge on any atom is -0.743 e. The molecule has 0 heterocycles. The van der Waals surface area contributed by atoms with E-state index in [2.05, 4.69) is 50.3 Å². The molecule has 0 atom stereocenters. The van der Waals surface area contributed by atoms with Crippen LogP contribution in [0.1, 0.15) is 5.56 Å². The third-order valence-electron chi connectivity index (χ3n) is 2.14. The molecular formula is C12H16F5O3PS. The number of hydrogen-bond donors (Lipinski definition) is 0. The molecule has 0 fully saturated rings. The predicted molar refractivity (Wildman–Crippen MR) is 75.5 cm³/mol. The molecule has 1 aromatic rings. The highest BCUT2D eigenvalue weighted by molar-refractivity contribution is 7.86. The van der Waals surface area contributed by atoms with Crippen LogP contribution in [0.5, 0.6) is 0 Å². The fourth-order valence-electron chi connectivity index (χ4n) is 1.27. The Morgan fingerprint density at radius 2 is 1.41 bits per heavy atom. The highest BCUT2D eigenvalue weighted by atomic mass is 32.2. The van der Waals surface area contributed by atoms with Crippen molar-refractivity contribution in [2.75, 3.05) is 20.0 Å². The van der Waals surface area contributed by atoms with E-state index in [1.54, 1.807) is 0 Å². The summed E-state index contributed by atoms with van der Waals surface area (Å²) in [6, 6.07) is 10.7. The SMILES string of the molecule is C[P+](C)(C)Cc1ccccc1.O=S(=O)([O-])C(F)(F)C(F)(F)F. The molecule has 0 aliphatic heterocycles. The molecule has 0 radical (unpaired) electrons.